The Morgan fingerprint density at radius 2 is 2.11 bits per heavy atom. The summed E-state index contributed by atoms with van der Waals surface area (Å²) < 4.78 is 21.4. The van der Waals surface area contributed by atoms with Gasteiger partial charge in [-0.1, -0.05) is 4.47 Å². The van der Waals surface area contributed by atoms with Crippen molar-refractivity contribution in [1.29, 1.82) is 0 Å². The van der Waals surface area contributed by atoms with Crippen LogP contribution >= 0.6 is 0 Å². The first kappa shape index (κ1) is 8.87. The molecule has 0 unspecified atom stereocenters. The number of nitrogens with zero attached hydrogens (tertiary/aromatic N) is 1. The Labute approximate surface area is 55.1 Å². The Hall–Kier alpha value is -0.130. The molecule has 55 valence electrons. The Balaban J connectivity index is 4.17. The molecule has 0 spiro atoms. The zero-order valence-electron chi connectivity index (χ0n) is 5.24. The van der Waals surface area contributed by atoms with Crippen molar-refractivity contribution >= 4 is 10.0 Å². The lowest BCUT2D eigenvalue weighted by Crippen LogP contribution is -2.28. The Morgan fingerprint density at radius 1 is 1.67 bits per heavy atom. The molecule has 0 amide bonds. The van der Waals surface area contributed by atoms with Crippen molar-refractivity contribution in [2.24, 2.45) is 0 Å². The van der Waals surface area contributed by atoms with Crippen molar-refractivity contribution in [1.82, 2.24) is 4.47 Å². The van der Waals surface area contributed by atoms with Crippen LogP contribution in [0.15, 0.2) is 0 Å². The van der Waals surface area contributed by atoms with Gasteiger partial charge in [-0.05, 0) is 13.8 Å². The molecule has 1 N–H and O–H groups in total. The molecular weight excluding hydrogens is 142 g/mol. The highest BCUT2D eigenvalue weighted by Crippen LogP contribution is 1.93. The van der Waals surface area contributed by atoms with Crippen molar-refractivity contribution in [2.45, 2.75) is 6.92 Å². The van der Waals surface area contributed by atoms with Gasteiger partial charge in [0.2, 0.25) is 10.0 Å². The predicted molar refractivity (Wildman–Crippen MR) is 33.3 cm³/mol. The minimum Gasteiger partial charge on any atom is -0.299 e. The third-order valence-electron chi connectivity index (χ3n) is 0.850. The Kier molecular flexibility index (Phi) is 3.10. The summed E-state index contributed by atoms with van der Waals surface area (Å²) in [6, 6.07) is 0. The SMILES string of the molecule is [CH2]CS(=O)(=O)N(O)CC. The molecule has 0 aliphatic carbocycles. The highest BCUT2D eigenvalue weighted by Gasteiger charge is 2.13. The maximum Gasteiger partial charge on any atom is 0.235 e. The van der Waals surface area contributed by atoms with E-state index in [1.807, 2.05) is 0 Å². The molecule has 0 heterocycles. The third-order valence-corrected chi connectivity index (χ3v) is 2.27. The van der Waals surface area contributed by atoms with Gasteiger partial charge in [-0.2, -0.15) is 0 Å². The lowest BCUT2D eigenvalue weighted by molar-refractivity contribution is 0.00898. The van der Waals surface area contributed by atoms with Crippen LogP contribution in [0, 0.1) is 6.92 Å². The van der Waals surface area contributed by atoms with Crippen molar-refractivity contribution in [2.75, 3.05) is 12.3 Å². The van der Waals surface area contributed by atoms with E-state index in [0.717, 1.165) is 0 Å². The van der Waals surface area contributed by atoms with Gasteiger partial charge >= 0.3 is 0 Å². The van der Waals surface area contributed by atoms with E-state index in [1.165, 1.54) is 6.92 Å². The van der Waals surface area contributed by atoms with Crippen LogP contribution in [-0.2, 0) is 10.0 Å². The second-order valence-corrected chi connectivity index (χ2v) is 3.45. The van der Waals surface area contributed by atoms with Gasteiger partial charge < -0.3 is 0 Å². The van der Waals surface area contributed by atoms with Crippen LogP contribution in [0.5, 0.6) is 0 Å². The fraction of sp³-hybridized carbons (Fsp3) is 0.750. The van der Waals surface area contributed by atoms with E-state index in [-0.39, 0.29) is 16.8 Å². The van der Waals surface area contributed by atoms with Gasteiger partial charge in [-0.15, -0.1) is 0 Å². The summed E-state index contributed by atoms with van der Waals surface area (Å²) >= 11 is 0. The van der Waals surface area contributed by atoms with E-state index in [2.05, 4.69) is 6.92 Å². The zero-order valence-corrected chi connectivity index (χ0v) is 6.06. The summed E-state index contributed by atoms with van der Waals surface area (Å²) in [7, 11) is -3.47. The molecule has 0 rings (SSSR count). The molecule has 0 aliphatic rings. The van der Waals surface area contributed by atoms with Crippen molar-refractivity contribution < 1.29 is 13.6 Å². The molecule has 0 saturated carbocycles. The van der Waals surface area contributed by atoms with Crippen molar-refractivity contribution in [3.05, 3.63) is 6.92 Å². The van der Waals surface area contributed by atoms with E-state index in [1.54, 1.807) is 0 Å². The van der Waals surface area contributed by atoms with Crippen LogP contribution in [0.25, 0.3) is 0 Å². The van der Waals surface area contributed by atoms with Crippen LogP contribution in [0.1, 0.15) is 6.92 Å². The predicted octanol–water partition coefficient (Wildman–Crippen LogP) is -0.139. The maximum atomic E-state index is 10.5. The van der Waals surface area contributed by atoms with Crippen molar-refractivity contribution in [3.8, 4) is 0 Å². The van der Waals surface area contributed by atoms with Gasteiger partial charge in [0.25, 0.3) is 0 Å². The highest BCUT2D eigenvalue weighted by atomic mass is 32.2. The minimum atomic E-state index is -3.47. The lowest BCUT2D eigenvalue weighted by Gasteiger charge is -2.09. The molecule has 9 heavy (non-hydrogen) atoms. The molecule has 5 heteroatoms. The van der Waals surface area contributed by atoms with Crippen LogP contribution < -0.4 is 0 Å². The first-order valence-electron chi connectivity index (χ1n) is 2.53. The molecule has 0 fully saturated rings. The lowest BCUT2D eigenvalue weighted by atomic mass is 10.8. The van der Waals surface area contributed by atoms with Gasteiger partial charge in [0.1, 0.15) is 0 Å². The van der Waals surface area contributed by atoms with Crippen LogP contribution in [0.3, 0.4) is 0 Å². The first-order chi connectivity index (χ1) is 4.04. The smallest absolute Gasteiger partial charge is 0.235 e. The zero-order chi connectivity index (χ0) is 7.49. The molecule has 0 aromatic heterocycles. The summed E-state index contributed by atoms with van der Waals surface area (Å²) in [5, 5.41) is 8.59. The number of sulfonamides is 1. The van der Waals surface area contributed by atoms with Crippen LogP contribution in [0.4, 0.5) is 0 Å². The fourth-order valence-electron chi connectivity index (χ4n) is 0.302. The van der Waals surface area contributed by atoms with Crippen LogP contribution in [0.2, 0.25) is 0 Å². The number of hydrogen-bond acceptors (Lipinski definition) is 3. The van der Waals surface area contributed by atoms with E-state index in [0.29, 0.717) is 0 Å². The van der Waals surface area contributed by atoms with Gasteiger partial charge in [-0.3, -0.25) is 5.21 Å². The molecule has 0 aromatic rings. The Morgan fingerprint density at radius 3 is 2.22 bits per heavy atom. The maximum absolute atomic E-state index is 10.5. The van der Waals surface area contributed by atoms with Gasteiger partial charge in [0.05, 0.1) is 5.75 Å². The van der Waals surface area contributed by atoms with E-state index in [9.17, 15) is 8.42 Å². The third kappa shape index (κ3) is 2.30. The summed E-state index contributed by atoms with van der Waals surface area (Å²) in [6.07, 6.45) is 0. The first-order valence-corrected chi connectivity index (χ1v) is 4.14. The minimum absolute atomic E-state index is 0.0673. The largest absolute Gasteiger partial charge is 0.299 e. The quantitative estimate of drug-likeness (QED) is 0.573. The molecule has 0 aromatic carbocycles. The topological polar surface area (TPSA) is 57.6 Å². The van der Waals surface area contributed by atoms with Crippen molar-refractivity contribution in [3.63, 3.8) is 0 Å². The Bertz CT molecular complexity index is 163. The second-order valence-electron chi connectivity index (χ2n) is 1.45. The summed E-state index contributed by atoms with van der Waals surface area (Å²) in [6.45, 7) is 4.74. The highest BCUT2D eigenvalue weighted by molar-refractivity contribution is 7.89. The average molecular weight is 152 g/mol. The van der Waals surface area contributed by atoms with E-state index in [4.69, 9.17) is 5.21 Å². The molecule has 0 bridgehead atoms. The molecule has 0 atom stereocenters. The second kappa shape index (κ2) is 3.14. The molecule has 1 radical (unpaired) electrons. The standard InChI is InChI=1S/C4H10NO3S/c1-3-5(6)9(7,8)4-2/h6H,2-4H2,1H3. The summed E-state index contributed by atoms with van der Waals surface area (Å²) in [5.41, 5.74) is 0. The number of hydrogen-bond donors (Lipinski definition) is 1. The van der Waals surface area contributed by atoms with Gasteiger partial charge in [0.15, 0.2) is 0 Å². The monoisotopic (exact) mass is 152 g/mol. The van der Waals surface area contributed by atoms with Gasteiger partial charge in [-0.25, -0.2) is 8.42 Å². The molecule has 0 saturated heterocycles. The molecule has 0 aliphatic heterocycles. The van der Waals surface area contributed by atoms with E-state index < -0.39 is 10.0 Å². The normalized spacial score (nSPS) is 12.4. The van der Waals surface area contributed by atoms with E-state index >= 15 is 0 Å². The molecular formula is C4H10NO3S. The van der Waals surface area contributed by atoms with Crippen LogP contribution in [-0.4, -0.2) is 30.4 Å². The number of rotatable bonds is 3. The summed E-state index contributed by atoms with van der Waals surface area (Å²) in [5.74, 6) is -0.308. The number of hydroxylamine groups is 1. The summed E-state index contributed by atoms with van der Waals surface area (Å²) in [4.78, 5) is 0. The fourth-order valence-corrected chi connectivity index (χ4v) is 0.906. The average Bonchev–Trinajstić information content (AvgIpc) is 1.86. The molecule has 4 nitrogen and oxygen atoms in total. The van der Waals surface area contributed by atoms with Gasteiger partial charge in [0, 0.05) is 6.54 Å².